The number of aromatic nitrogens is 3. The van der Waals surface area contributed by atoms with Crippen molar-refractivity contribution in [1.82, 2.24) is 19.0 Å². The van der Waals surface area contributed by atoms with Gasteiger partial charge in [0, 0.05) is 56.9 Å². The van der Waals surface area contributed by atoms with Gasteiger partial charge < -0.3 is 4.90 Å². The molecular weight excluding hydrogens is 520 g/mol. The second-order valence-electron chi connectivity index (χ2n) is 7.77. The molecule has 0 unspecified atom stereocenters. The van der Waals surface area contributed by atoms with Gasteiger partial charge in [-0.3, -0.25) is 15.1 Å². The molecule has 3 aromatic heterocycles. The molecule has 0 aliphatic heterocycles. The number of hydrogen-bond acceptors (Lipinski definition) is 9. The molecule has 37 heavy (non-hydrogen) atoms. The summed E-state index contributed by atoms with van der Waals surface area (Å²) in [7, 11) is -1.37. The van der Waals surface area contributed by atoms with Crippen LogP contribution in [0.15, 0.2) is 77.2 Å². The van der Waals surface area contributed by atoms with Crippen molar-refractivity contribution in [3.63, 3.8) is 0 Å². The first-order chi connectivity index (χ1) is 17.2. The van der Waals surface area contributed by atoms with Gasteiger partial charge in [-0.15, -0.1) is 12.4 Å². The average molecular weight is 541 g/mol. The Kier molecular flexibility index (Phi) is 8.06. The quantitative estimate of drug-likeness (QED) is 0.188. The highest BCUT2D eigenvalue weighted by molar-refractivity contribution is 7.89. The van der Waals surface area contributed by atoms with Gasteiger partial charge >= 0.3 is 0 Å². The Morgan fingerprint density at radius 2 is 2.00 bits per heavy atom. The number of nitrogens with zero attached hydrogens (tertiary/aromatic N) is 8. The summed E-state index contributed by atoms with van der Waals surface area (Å²) in [6.07, 6.45) is 7.68. The molecule has 0 amide bonds. The van der Waals surface area contributed by atoms with E-state index in [4.69, 9.17) is 5.26 Å². The maximum absolute atomic E-state index is 13.5. The molecule has 190 valence electrons. The maximum atomic E-state index is 13.5. The van der Waals surface area contributed by atoms with Crippen LogP contribution in [0.5, 0.6) is 0 Å². The summed E-state index contributed by atoms with van der Waals surface area (Å²) in [5.41, 5.74) is 2.20. The number of non-ortho nitro benzene ring substituents is 1. The highest BCUT2D eigenvalue weighted by atomic mass is 35.5. The molecule has 0 radical (unpaired) electrons. The van der Waals surface area contributed by atoms with Crippen molar-refractivity contribution in [2.45, 2.75) is 11.4 Å². The van der Waals surface area contributed by atoms with Crippen LogP contribution in [0.3, 0.4) is 0 Å². The summed E-state index contributed by atoms with van der Waals surface area (Å²) in [6, 6.07) is 12.5. The number of hydrazone groups is 1. The zero-order chi connectivity index (χ0) is 25.9. The van der Waals surface area contributed by atoms with E-state index in [1.807, 2.05) is 12.1 Å². The van der Waals surface area contributed by atoms with Crippen LogP contribution in [0, 0.1) is 21.4 Å². The lowest BCUT2D eigenvalue weighted by Crippen LogP contribution is -2.26. The standard InChI is InChI=1S/C23H20N8O4S.ClH/c1-28(16-18-4-3-8-25-13-18)21-6-5-20(31(32)33)11-23(21)36(34,35)29(2)26-14-19-15-27-30-9-7-17(12-24)10-22(19)30;/h3-11,13-15H,16H2,1-2H3;1H. The summed E-state index contributed by atoms with van der Waals surface area (Å²) in [6.45, 7) is 0.324. The van der Waals surface area contributed by atoms with E-state index in [2.05, 4.69) is 15.2 Å². The van der Waals surface area contributed by atoms with Crippen molar-refractivity contribution in [2.24, 2.45) is 5.10 Å². The van der Waals surface area contributed by atoms with E-state index in [1.165, 1.54) is 36.1 Å². The summed E-state index contributed by atoms with van der Waals surface area (Å²) < 4.78 is 29.3. The van der Waals surface area contributed by atoms with Crippen molar-refractivity contribution in [3.8, 4) is 6.07 Å². The number of benzene rings is 1. The van der Waals surface area contributed by atoms with Gasteiger partial charge in [0.15, 0.2) is 0 Å². The number of pyridine rings is 2. The monoisotopic (exact) mass is 540 g/mol. The number of nitro benzene ring substituents is 1. The molecule has 3 heterocycles. The number of nitro groups is 1. The third kappa shape index (κ3) is 5.66. The molecule has 4 rings (SSSR count). The molecule has 12 nitrogen and oxygen atoms in total. The number of rotatable bonds is 8. The van der Waals surface area contributed by atoms with Crippen LogP contribution in [-0.4, -0.2) is 52.7 Å². The Bertz CT molecular complexity index is 1620. The largest absolute Gasteiger partial charge is 0.369 e. The number of nitriles is 1. The molecular formula is C23H21ClN8O4S. The molecule has 0 atom stereocenters. The molecule has 0 N–H and O–H groups in total. The number of anilines is 1. The lowest BCUT2D eigenvalue weighted by Gasteiger charge is -2.24. The fraction of sp³-hybridized carbons (Fsp3) is 0.130. The molecule has 0 saturated heterocycles. The predicted molar refractivity (Wildman–Crippen MR) is 139 cm³/mol. The predicted octanol–water partition coefficient (Wildman–Crippen LogP) is 3.22. The summed E-state index contributed by atoms with van der Waals surface area (Å²) in [5.74, 6) is 0. The third-order valence-electron chi connectivity index (χ3n) is 5.37. The van der Waals surface area contributed by atoms with E-state index < -0.39 is 14.9 Å². The first kappa shape index (κ1) is 27.1. The van der Waals surface area contributed by atoms with Crippen molar-refractivity contribution in [1.29, 1.82) is 5.26 Å². The van der Waals surface area contributed by atoms with Gasteiger partial charge in [0.1, 0.15) is 4.90 Å². The first-order valence-corrected chi connectivity index (χ1v) is 11.9. The van der Waals surface area contributed by atoms with Crippen LogP contribution in [-0.2, 0) is 16.6 Å². The van der Waals surface area contributed by atoms with E-state index in [0.717, 1.165) is 16.0 Å². The second kappa shape index (κ2) is 11.0. The molecule has 0 aliphatic rings. The zero-order valence-corrected chi connectivity index (χ0v) is 21.3. The number of hydrogen-bond donors (Lipinski definition) is 0. The van der Waals surface area contributed by atoms with Gasteiger partial charge in [0.05, 0.1) is 40.2 Å². The Morgan fingerprint density at radius 1 is 1.22 bits per heavy atom. The smallest absolute Gasteiger partial charge is 0.281 e. The highest BCUT2D eigenvalue weighted by Gasteiger charge is 2.27. The number of halogens is 1. The van der Waals surface area contributed by atoms with Gasteiger partial charge in [0.2, 0.25) is 0 Å². The SMILES string of the molecule is CN(Cc1cccnc1)c1ccc([N+](=O)[O-])cc1S(=O)(=O)N(C)N=Cc1cnn2ccc(C#N)cc12.Cl. The third-order valence-corrected chi connectivity index (χ3v) is 7.05. The average Bonchev–Trinajstić information content (AvgIpc) is 3.29. The van der Waals surface area contributed by atoms with E-state index >= 15 is 0 Å². The summed E-state index contributed by atoms with van der Waals surface area (Å²) >= 11 is 0. The van der Waals surface area contributed by atoms with E-state index in [-0.39, 0.29) is 28.7 Å². The van der Waals surface area contributed by atoms with E-state index in [9.17, 15) is 18.5 Å². The Morgan fingerprint density at radius 3 is 2.68 bits per heavy atom. The van der Waals surface area contributed by atoms with Crippen molar-refractivity contribution < 1.29 is 13.3 Å². The minimum absolute atomic E-state index is 0. The lowest BCUT2D eigenvalue weighted by atomic mass is 10.2. The van der Waals surface area contributed by atoms with Gasteiger partial charge in [-0.05, 0) is 29.8 Å². The van der Waals surface area contributed by atoms with E-state index in [0.29, 0.717) is 23.2 Å². The lowest BCUT2D eigenvalue weighted by molar-refractivity contribution is -0.385. The van der Waals surface area contributed by atoms with Gasteiger partial charge in [-0.2, -0.15) is 28.3 Å². The van der Waals surface area contributed by atoms with Crippen LogP contribution in [0.25, 0.3) is 5.52 Å². The van der Waals surface area contributed by atoms with Crippen molar-refractivity contribution in [3.05, 3.63) is 94.1 Å². The second-order valence-corrected chi connectivity index (χ2v) is 9.69. The number of sulfonamides is 1. The van der Waals surface area contributed by atoms with Gasteiger partial charge in [-0.25, -0.2) is 4.52 Å². The molecule has 0 aliphatic carbocycles. The van der Waals surface area contributed by atoms with Crippen LogP contribution < -0.4 is 4.90 Å². The number of fused-ring (bicyclic) bond motifs is 1. The topological polar surface area (TPSA) is 150 Å². The van der Waals surface area contributed by atoms with E-state index in [1.54, 1.807) is 48.7 Å². The van der Waals surface area contributed by atoms with Crippen LogP contribution in [0.4, 0.5) is 11.4 Å². The van der Waals surface area contributed by atoms with Crippen LogP contribution in [0.2, 0.25) is 0 Å². The Hall–Kier alpha value is -4.54. The molecule has 14 heteroatoms. The van der Waals surface area contributed by atoms with Gasteiger partial charge in [0.25, 0.3) is 15.7 Å². The molecule has 4 aromatic rings. The van der Waals surface area contributed by atoms with Crippen LogP contribution >= 0.6 is 12.4 Å². The molecule has 0 saturated carbocycles. The maximum Gasteiger partial charge on any atom is 0.281 e. The van der Waals surface area contributed by atoms with Gasteiger partial charge in [-0.1, -0.05) is 6.07 Å². The van der Waals surface area contributed by atoms with Crippen molar-refractivity contribution >= 4 is 45.5 Å². The normalized spacial score (nSPS) is 11.2. The minimum Gasteiger partial charge on any atom is -0.369 e. The molecule has 0 bridgehead atoms. The molecule has 1 aromatic carbocycles. The minimum atomic E-state index is -4.29. The Labute approximate surface area is 218 Å². The fourth-order valence-electron chi connectivity index (χ4n) is 3.51. The van der Waals surface area contributed by atoms with Crippen LogP contribution in [0.1, 0.15) is 16.7 Å². The first-order valence-electron chi connectivity index (χ1n) is 10.5. The highest BCUT2D eigenvalue weighted by Crippen LogP contribution is 2.31. The summed E-state index contributed by atoms with van der Waals surface area (Å²) in [5, 5.41) is 28.8. The molecule has 0 spiro atoms. The zero-order valence-electron chi connectivity index (χ0n) is 19.7. The Balaban J connectivity index is 0.00000380. The fourth-order valence-corrected chi connectivity index (χ4v) is 4.72. The summed E-state index contributed by atoms with van der Waals surface area (Å²) in [4.78, 5) is 16.2. The molecule has 0 fully saturated rings. The van der Waals surface area contributed by atoms with Crippen molar-refractivity contribution in [2.75, 3.05) is 19.0 Å².